The molecule has 106 valence electrons. The van der Waals surface area contributed by atoms with Crippen molar-refractivity contribution in [2.75, 3.05) is 13.1 Å². The maximum atomic E-state index is 12.6. The number of aromatic nitrogens is 2. The van der Waals surface area contributed by atoms with Gasteiger partial charge in [-0.25, -0.2) is 4.79 Å². The van der Waals surface area contributed by atoms with E-state index in [9.17, 15) is 4.79 Å². The zero-order valence-electron chi connectivity index (χ0n) is 11.9. The maximum Gasteiger partial charge on any atom is 0.345 e. The highest BCUT2D eigenvalue weighted by Gasteiger charge is 2.43. The highest BCUT2D eigenvalue weighted by molar-refractivity contribution is 5.77. The van der Waals surface area contributed by atoms with Crippen LogP contribution < -0.4 is 0 Å². The van der Waals surface area contributed by atoms with Crippen LogP contribution in [0.15, 0.2) is 12.4 Å². The number of nitrogens with zero attached hydrogens (tertiary/aromatic N) is 5. The van der Waals surface area contributed by atoms with Crippen LogP contribution in [-0.2, 0) is 0 Å². The van der Waals surface area contributed by atoms with Gasteiger partial charge in [0.15, 0.2) is 0 Å². The Hall–Kier alpha value is -1.87. The Bertz CT molecular complexity index is 544. The molecule has 1 aromatic heterocycles. The predicted molar refractivity (Wildman–Crippen MR) is 73.1 cm³/mol. The van der Waals surface area contributed by atoms with Gasteiger partial charge in [-0.3, -0.25) is 4.90 Å². The summed E-state index contributed by atoms with van der Waals surface area (Å²) in [7, 11) is 0. The maximum absolute atomic E-state index is 12.6. The van der Waals surface area contributed by atoms with E-state index in [1.807, 2.05) is 11.0 Å². The average molecular weight is 273 g/mol. The molecule has 6 heteroatoms. The molecule has 2 aliphatic heterocycles. The predicted octanol–water partition coefficient (Wildman–Crippen LogP) is 1.28. The number of fused-ring (bicyclic) bond motifs is 2. The van der Waals surface area contributed by atoms with Crippen LogP contribution >= 0.6 is 0 Å². The fourth-order valence-electron chi connectivity index (χ4n) is 3.27. The molecule has 0 radical (unpaired) electrons. The monoisotopic (exact) mass is 273 g/mol. The summed E-state index contributed by atoms with van der Waals surface area (Å²) in [5.41, 5.74) is 0.423. The molecule has 0 aliphatic carbocycles. The van der Waals surface area contributed by atoms with E-state index in [-0.39, 0.29) is 18.1 Å². The molecule has 2 saturated heterocycles. The molecule has 0 N–H and O–H groups in total. The molecule has 2 fully saturated rings. The van der Waals surface area contributed by atoms with Crippen molar-refractivity contribution in [3.63, 3.8) is 0 Å². The van der Waals surface area contributed by atoms with Gasteiger partial charge in [0.1, 0.15) is 6.07 Å². The molecule has 20 heavy (non-hydrogen) atoms. The van der Waals surface area contributed by atoms with Crippen LogP contribution in [0.5, 0.6) is 0 Å². The molecule has 2 bridgehead atoms. The highest BCUT2D eigenvalue weighted by atomic mass is 16.2. The summed E-state index contributed by atoms with van der Waals surface area (Å²) in [6, 6.07) is 2.98. The Kier molecular flexibility index (Phi) is 3.22. The zero-order chi connectivity index (χ0) is 14.3. The van der Waals surface area contributed by atoms with Crippen LogP contribution in [0.4, 0.5) is 4.79 Å². The summed E-state index contributed by atoms with van der Waals surface area (Å²) < 4.78 is 1.30. The molecule has 6 nitrogen and oxygen atoms in total. The summed E-state index contributed by atoms with van der Waals surface area (Å²) in [5, 5.41) is 12.8. The van der Waals surface area contributed by atoms with Crippen LogP contribution in [-0.4, -0.2) is 56.8 Å². The van der Waals surface area contributed by atoms with Crippen LogP contribution in [0, 0.1) is 11.3 Å². The molecule has 0 aromatic carbocycles. The van der Waals surface area contributed by atoms with Gasteiger partial charge in [-0.1, -0.05) is 0 Å². The number of carbonyl (C=O) groups is 1. The van der Waals surface area contributed by atoms with E-state index in [0.29, 0.717) is 11.6 Å². The van der Waals surface area contributed by atoms with Gasteiger partial charge in [0.2, 0.25) is 0 Å². The Balaban J connectivity index is 1.79. The van der Waals surface area contributed by atoms with E-state index < -0.39 is 0 Å². The number of amides is 1. The number of rotatable bonds is 1. The molecular weight excluding hydrogens is 254 g/mol. The summed E-state index contributed by atoms with van der Waals surface area (Å²) in [5.74, 6) is 0. The van der Waals surface area contributed by atoms with E-state index in [1.54, 1.807) is 0 Å². The van der Waals surface area contributed by atoms with E-state index in [0.717, 1.165) is 25.9 Å². The standard InChI is InChI=1S/C14H19N5O/c1-10(2)17-8-12-3-4-13(9-17)19(12)14(20)18-7-11(5-15)6-16-18/h6-7,10,12-13H,3-4,8-9H2,1-2H3. The van der Waals surface area contributed by atoms with Crippen molar-refractivity contribution in [2.45, 2.75) is 44.8 Å². The highest BCUT2D eigenvalue weighted by Crippen LogP contribution is 2.31. The second-order valence-corrected chi connectivity index (χ2v) is 5.91. The minimum atomic E-state index is -0.0950. The van der Waals surface area contributed by atoms with Crippen molar-refractivity contribution in [3.8, 4) is 6.07 Å². The molecule has 3 heterocycles. The third-order valence-electron chi connectivity index (χ3n) is 4.37. The van der Waals surface area contributed by atoms with Gasteiger partial charge in [0.05, 0.1) is 18.0 Å². The van der Waals surface area contributed by atoms with Gasteiger partial charge in [0, 0.05) is 31.2 Å². The molecule has 2 unspecified atom stereocenters. The van der Waals surface area contributed by atoms with Crippen LogP contribution in [0.25, 0.3) is 0 Å². The quantitative estimate of drug-likeness (QED) is 0.773. The Morgan fingerprint density at radius 2 is 2.05 bits per heavy atom. The van der Waals surface area contributed by atoms with Gasteiger partial charge >= 0.3 is 6.03 Å². The summed E-state index contributed by atoms with van der Waals surface area (Å²) in [6.07, 6.45) is 5.07. The third kappa shape index (κ3) is 2.08. The van der Waals surface area contributed by atoms with Crippen molar-refractivity contribution in [1.82, 2.24) is 19.6 Å². The van der Waals surface area contributed by atoms with Crippen molar-refractivity contribution < 1.29 is 4.79 Å². The first kappa shape index (κ1) is 13.1. The van der Waals surface area contributed by atoms with Crippen LogP contribution in [0.3, 0.4) is 0 Å². The fraction of sp³-hybridized carbons (Fsp3) is 0.643. The minimum Gasteiger partial charge on any atom is -0.314 e. The first-order valence-corrected chi connectivity index (χ1v) is 7.11. The topological polar surface area (TPSA) is 65.2 Å². The number of hydrogen-bond acceptors (Lipinski definition) is 4. The smallest absolute Gasteiger partial charge is 0.314 e. The van der Waals surface area contributed by atoms with E-state index in [1.165, 1.54) is 17.1 Å². The van der Waals surface area contributed by atoms with Gasteiger partial charge in [-0.2, -0.15) is 15.0 Å². The lowest BCUT2D eigenvalue weighted by Gasteiger charge is -2.42. The van der Waals surface area contributed by atoms with Crippen LogP contribution in [0.1, 0.15) is 32.3 Å². The molecular formula is C14H19N5O. The first-order chi connectivity index (χ1) is 9.60. The number of piperazine rings is 1. The number of nitriles is 1. The van der Waals surface area contributed by atoms with Gasteiger partial charge in [0.25, 0.3) is 0 Å². The summed E-state index contributed by atoms with van der Waals surface area (Å²) in [6.45, 7) is 6.27. The summed E-state index contributed by atoms with van der Waals surface area (Å²) >= 11 is 0. The zero-order valence-corrected chi connectivity index (χ0v) is 11.9. The van der Waals surface area contributed by atoms with Crippen molar-refractivity contribution >= 4 is 6.03 Å². The van der Waals surface area contributed by atoms with Crippen molar-refractivity contribution in [1.29, 1.82) is 5.26 Å². The minimum absolute atomic E-state index is 0.0950. The van der Waals surface area contributed by atoms with Crippen molar-refractivity contribution in [3.05, 3.63) is 18.0 Å². The lowest BCUT2D eigenvalue weighted by atomic mass is 10.1. The van der Waals surface area contributed by atoms with E-state index >= 15 is 0 Å². The average Bonchev–Trinajstić information content (AvgIpc) is 3.01. The SMILES string of the molecule is CC(C)N1CC2CCC(C1)N2C(=O)n1cc(C#N)cn1. The van der Waals surface area contributed by atoms with E-state index in [2.05, 4.69) is 23.8 Å². The normalized spacial score (nSPS) is 26.0. The molecule has 0 spiro atoms. The van der Waals surface area contributed by atoms with Gasteiger partial charge in [-0.15, -0.1) is 0 Å². The second-order valence-electron chi connectivity index (χ2n) is 5.91. The van der Waals surface area contributed by atoms with Gasteiger partial charge < -0.3 is 4.90 Å². The largest absolute Gasteiger partial charge is 0.345 e. The lowest BCUT2D eigenvalue weighted by molar-refractivity contribution is 0.0700. The van der Waals surface area contributed by atoms with E-state index in [4.69, 9.17) is 5.26 Å². The molecule has 3 rings (SSSR count). The van der Waals surface area contributed by atoms with Crippen molar-refractivity contribution in [2.24, 2.45) is 0 Å². The Labute approximate surface area is 118 Å². The lowest BCUT2D eigenvalue weighted by Crippen LogP contribution is -2.58. The molecule has 1 aromatic rings. The fourth-order valence-corrected chi connectivity index (χ4v) is 3.27. The molecule has 2 atom stereocenters. The molecule has 2 aliphatic rings. The summed E-state index contributed by atoms with van der Waals surface area (Å²) in [4.78, 5) is 17.0. The first-order valence-electron chi connectivity index (χ1n) is 7.11. The number of likely N-dealkylation sites (tertiary alicyclic amines) is 1. The number of carbonyl (C=O) groups excluding carboxylic acids is 1. The van der Waals surface area contributed by atoms with Crippen LogP contribution in [0.2, 0.25) is 0 Å². The third-order valence-corrected chi connectivity index (χ3v) is 4.37. The second kappa shape index (κ2) is 4.91. The van der Waals surface area contributed by atoms with Gasteiger partial charge in [-0.05, 0) is 26.7 Å². The number of hydrogen-bond donors (Lipinski definition) is 0. The molecule has 0 saturated carbocycles. The Morgan fingerprint density at radius 3 is 2.55 bits per heavy atom. The Morgan fingerprint density at radius 1 is 1.40 bits per heavy atom. The molecule has 1 amide bonds.